The zero-order chi connectivity index (χ0) is 30.6. The van der Waals surface area contributed by atoms with E-state index in [0.717, 1.165) is 12.1 Å². The lowest BCUT2D eigenvalue weighted by Crippen LogP contribution is -2.46. The van der Waals surface area contributed by atoms with Gasteiger partial charge in [0.25, 0.3) is 0 Å². The van der Waals surface area contributed by atoms with Crippen LogP contribution < -0.4 is 21.1 Å². The number of amides is 2. The van der Waals surface area contributed by atoms with Crippen LogP contribution in [0, 0.1) is 5.82 Å². The van der Waals surface area contributed by atoms with Gasteiger partial charge in [0, 0.05) is 25.2 Å². The van der Waals surface area contributed by atoms with E-state index in [1.54, 1.807) is 20.8 Å². The third-order valence-electron chi connectivity index (χ3n) is 4.94. The first-order valence-electron chi connectivity index (χ1n) is 12.5. The van der Waals surface area contributed by atoms with Crippen LogP contribution in [0.2, 0.25) is 0 Å². The molecule has 10 nitrogen and oxygen atoms in total. The van der Waals surface area contributed by atoms with Crippen molar-refractivity contribution in [2.75, 3.05) is 19.6 Å². The minimum atomic E-state index is -4.85. The zero-order valence-electron chi connectivity index (χ0n) is 23.2. The largest absolute Gasteiger partial charge is 0.444 e. The van der Waals surface area contributed by atoms with Crippen molar-refractivity contribution in [2.45, 2.75) is 71.3 Å². The standard InChI is InChI=1S/C26H37F4N5O5/c1-6-10-25(38,16-34-21(36)15-33-23(37)40-24(3,4)5)11-12-32-17(2)35-22(14-20(31)26(28,29)30)39-19-9-7-8-18(27)13-19/h7-9,13-14,38H,6,10-12,15-16,31H2,1-5H3,(H,33,37)(H,34,36). The summed E-state index contributed by atoms with van der Waals surface area (Å²) in [6.45, 7) is 7.79. The van der Waals surface area contributed by atoms with Crippen molar-refractivity contribution in [2.24, 2.45) is 15.7 Å². The molecule has 0 fully saturated rings. The van der Waals surface area contributed by atoms with Gasteiger partial charge in [-0.1, -0.05) is 19.4 Å². The first-order chi connectivity index (χ1) is 18.4. The fraction of sp³-hybridized carbons (Fsp3) is 0.538. The number of nitrogens with two attached hydrogens (primary N) is 1. The van der Waals surface area contributed by atoms with E-state index >= 15 is 0 Å². The number of allylic oxidation sites excluding steroid dienone is 1. The van der Waals surface area contributed by atoms with Crippen LogP contribution in [0.25, 0.3) is 0 Å². The average molecular weight is 576 g/mol. The number of rotatable bonds is 11. The molecule has 0 heterocycles. The van der Waals surface area contributed by atoms with E-state index < -0.39 is 46.8 Å². The smallest absolute Gasteiger partial charge is 0.430 e. The molecular formula is C26H37F4N5O5. The highest BCUT2D eigenvalue weighted by Crippen LogP contribution is 2.22. The van der Waals surface area contributed by atoms with Gasteiger partial charge in [0.05, 0.1) is 12.1 Å². The van der Waals surface area contributed by atoms with E-state index in [1.807, 2.05) is 6.92 Å². The summed E-state index contributed by atoms with van der Waals surface area (Å²) in [6.07, 6.45) is -4.18. The van der Waals surface area contributed by atoms with E-state index in [2.05, 4.69) is 20.6 Å². The molecule has 0 saturated carbocycles. The second-order valence-electron chi connectivity index (χ2n) is 9.89. The minimum absolute atomic E-state index is 0.00192. The molecule has 0 saturated heterocycles. The Balaban J connectivity index is 2.88. The van der Waals surface area contributed by atoms with E-state index in [-0.39, 0.29) is 37.6 Å². The third-order valence-corrected chi connectivity index (χ3v) is 4.94. The lowest BCUT2D eigenvalue weighted by molar-refractivity contribution is -0.121. The maximum absolute atomic E-state index is 13.5. The number of aliphatic imine (C=N–C) groups is 2. The number of halogens is 4. The number of aliphatic hydroxyl groups is 1. The quantitative estimate of drug-likeness (QED) is 0.178. The molecule has 0 radical (unpaired) electrons. The minimum Gasteiger partial charge on any atom is -0.444 e. The first-order valence-corrected chi connectivity index (χ1v) is 12.5. The molecule has 1 atom stereocenters. The SMILES string of the molecule is CCCC(O)(CCN=C(C)N=C(C=C(N)C(F)(F)F)Oc1cccc(F)c1)CNC(=O)CNC(=O)OC(C)(C)C. The van der Waals surface area contributed by atoms with Crippen LogP contribution in [-0.2, 0) is 9.53 Å². The molecular weight excluding hydrogens is 538 g/mol. The van der Waals surface area contributed by atoms with Crippen molar-refractivity contribution >= 4 is 23.7 Å². The van der Waals surface area contributed by atoms with Crippen molar-refractivity contribution in [3.63, 3.8) is 0 Å². The normalized spacial score (nSPS) is 14.8. The number of alkyl carbamates (subject to hydrolysis) is 1. The lowest BCUT2D eigenvalue weighted by Gasteiger charge is -2.27. The van der Waals surface area contributed by atoms with Crippen molar-refractivity contribution in [1.29, 1.82) is 0 Å². The molecule has 2 amide bonds. The van der Waals surface area contributed by atoms with Gasteiger partial charge in [0.2, 0.25) is 11.8 Å². The fourth-order valence-corrected chi connectivity index (χ4v) is 3.13. The van der Waals surface area contributed by atoms with Crippen LogP contribution >= 0.6 is 0 Å². The average Bonchev–Trinajstić information content (AvgIpc) is 2.80. The van der Waals surface area contributed by atoms with Crippen molar-refractivity contribution in [3.8, 4) is 5.75 Å². The van der Waals surface area contributed by atoms with Crippen LogP contribution in [0.4, 0.5) is 22.4 Å². The highest BCUT2D eigenvalue weighted by Gasteiger charge is 2.32. The Morgan fingerprint density at radius 3 is 2.40 bits per heavy atom. The Bertz CT molecular complexity index is 1100. The van der Waals surface area contributed by atoms with Crippen molar-refractivity contribution in [3.05, 3.63) is 41.9 Å². The molecule has 0 aliphatic heterocycles. The second-order valence-corrected chi connectivity index (χ2v) is 9.89. The molecule has 1 aromatic carbocycles. The van der Waals surface area contributed by atoms with E-state index in [1.165, 1.54) is 19.1 Å². The number of hydrogen-bond donors (Lipinski definition) is 4. The number of benzene rings is 1. The number of alkyl halides is 3. The number of ether oxygens (including phenoxy) is 2. The maximum Gasteiger partial charge on any atom is 0.430 e. The van der Waals surface area contributed by atoms with Crippen LogP contribution in [-0.4, -0.2) is 65.9 Å². The van der Waals surface area contributed by atoms with Crippen molar-refractivity contribution in [1.82, 2.24) is 10.6 Å². The highest BCUT2D eigenvalue weighted by molar-refractivity contribution is 6.00. The number of amidine groups is 1. The summed E-state index contributed by atoms with van der Waals surface area (Å²) in [6, 6.07) is 4.72. The van der Waals surface area contributed by atoms with Crippen molar-refractivity contribution < 1.29 is 41.7 Å². The molecule has 1 unspecified atom stereocenters. The molecule has 1 rings (SSSR count). The highest BCUT2D eigenvalue weighted by atomic mass is 19.4. The van der Waals surface area contributed by atoms with Gasteiger partial charge in [-0.15, -0.1) is 0 Å². The van der Waals surface area contributed by atoms with Crippen LogP contribution in [0.3, 0.4) is 0 Å². The van der Waals surface area contributed by atoms with Gasteiger partial charge in [-0.25, -0.2) is 9.18 Å². The molecule has 0 aliphatic carbocycles. The first kappa shape index (κ1) is 34.3. The molecule has 0 aromatic heterocycles. The third kappa shape index (κ3) is 14.5. The monoisotopic (exact) mass is 575 g/mol. The Hall–Kier alpha value is -3.68. The predicted molar refractivity (Wildman–Crippen MR) is 142 cm³/mol. The maximum atomic E-state index is 13.5. The predicted octanol–water partition coefficient (Wildman–Crippen LogP) is 3.99. The molecule has 0 spiro atoms. The second kappa shape index (κ2) is 15.2. The Morgan fingerprint density at radius 1 is 1.15 bits per heavy atom. The topological polar surface area (TPSA) is 148 Å². The number of nitrogens with one attached hydrogen (secondary N) is 2. The van der Waals surface area contributed by atoms with Gasteiger partial charge in [-0.3, -0.25) is 9.79 Å². The molecule has 40 heavy (non-hydrogen) atoms. The summed E-state index contributed by atoms with van der Waals surface area (Å²) >= 11 is 0. The van der Waals surface area contributed by atoms with E-state index in [9.17, 15) is 32.3 Å². The molecule has 1 aromatic rings. The van der Waals surface area contributed by atoms with Gasteiger partial charge in [0.1, 0.15) is 28.7 Å². The lowest BCUT2D eigenvalue weighted by atomic mass is 9.94. The Morgan fingerprint density at radius 2 is 1.82 bits per heavy atom. The van der Waals surface area contributed by atoms with E-state index in [4.69, 9.17) is 15.2 Å². The summed E-state index contributed by atoms with van der Waals surface area (Å²) in [5, 5.41) is 15.8. The molecule has 14 heteroatoms. The summed E-state index contributed by atoms with van der Waals surface area (Å²) in [4.78, 5) is 31.9. The van der Waals surface area contributed by atoms with Gasteiger partial charge in [-0.05, 0) is 52.7 Å². The number of carbonyl (C=O) groups excluding carboxylic acids is 2. The summed E-state index contributed by atoms with van der Waals surface area (Å²) < 4.78 is 62.7. The van der Waals surface area contributed by atoms with Crippen LogP contribution in [0.5, 0.6) is 5.75 Å². The number of nitrogens with zero attached hydrogens (tertiary/aromatic N) is 2. The van der Waals surface area contributed by atoms with Gasteiger partial charge in [0.15, 0.2) is 0 Å². The molecule has 5 N–H and O–H groups in total. The summed E-state index contributed by atoms with van der Waals surface area (Å²) in [5.74, 6) is -1.89. The fourth-order valence-electron chi connectivity index (χ4n) is 3.13. The van der Waals surface area contributed by atoms with E-state index in [0.29, 0.717) is 18.9 Å². The summed E-state index contributed by atoms with van der Waals surface area (Å²) in [7, 11) is 0. The van der Waals surface area contributed by atoms with Gasteiger partial charge in [-0.2, -0.15) is 18.2 Å². The Kier molecular flexibility index (Phi) is 13.1. The Labute approximate surface area is 230 Å². The molecule has 0 bridgehead atoms. The number of carbonyl (C=O) groups is 2. The van der Waals surface area contributed by atoms with Crippen LogP contribution in [0.15, 0.2) is 46.0 Å². The van der Waals surface area contributed by atoms with Gasteiger partial charge >= 0.3 is 12.3 Å². The van der Waals surface area contributed by atoms with Crippen LogP contribution in [0.1, 0.15) is 53.9 Å². The molecule has 0 aliphatic rings. The van der Waals surface area contributed by atoms with Gasteiger partial charge < -0.3 is 30.9 Å². The zero-order valence-corrected chi connectivity index (χ0v) is 23.2. The molecule has 224 valence electrons. The number of hydrogen-bond acceptors (Lipinski definition) is 7. The summed E-state index contributed by atoms with van der Waals surface area (Å²) in [5.41, 5.74) is 1.53.